The summed E-state index contributed by atoms with van der Waals surface area (Å²) in [5.74, 6) is 0.572. The minimum atomic E-state index is -1.02. The molecule has 0 aromatic heterocycles. The molecule has 4 atom stereocenters. The van der Waals surface area contributed by atoms with Gasteiger partial charge in [-0.2, -0.15) is 0 Å². The average Bonchev–Trinajstić information content (AvgIpc) is 3.51. The molecule has 0 bridgehead atoms. The van der Waals surface area contributed by atoms with Crippen LogP contribution in [0.1, 0.15) is 81.2 Å². The topological polar surface area (TPSA) is 121 Å². The van der Waals surface area contributed by atoms with Crippen molar-refractivity contribution in [2.45, 2.75) is 102 Å². The van der Waals surface area contributed by atoms with Crippen molar-refractivity contribution in [2.24, 2.45) is 0 Å². The monoisotopic (exact) mass is 715 g/mol. The molecule has 1 fully saturated rings. The zero-order chi connectivity index (χ0) is 36.9. The number of alkyl carbamates (subject to hydrolysis) is 1. The normalized spacial score (nSPS) is 18.6. The highest BCUT2D eigenvalue weighted by molar-refractivity contribution is 5.77. The Hall–Kier alpha value is -3.96. The van der Waals surface area contributed by atoms with Gasteiger partial charge in [0, 0.05) is 39.0 Å². The lowest BCUT2D eigenvalue weighted by Gasteiger charge is -2.33. The highest BCUT2D eigenvalue weighted by atomic mass is 16.6. The van der Waals surface area contributed by atoms with Gasteiger partial charge in [0.25, 0.3) is 0 Å². The molecule has 0 spiro atoms. The van der Waals surface area contributed by atoms with E-state index < -0.39 is 36.0 Å². The number of nitrogens with zero attached hydrogens (tertiary/aromatic N) is 2. The van der Waals surface area contributed by atoms with Gasteiger partial charge in [-0.1, -0.05) is 87.5 Å². The lowest BCUT2D eigenvalue weighted by molar-refractivity contribution is -0.137. The summed E-state index contributed by atoms with van der Waals surface area (Å²) in [5.41, 5.74) is 3.24. The Morgan fingerprint density at radius 1 is 0.942 bits per heavy atom. The van der Waals surface area contributed by atoms with Crippen molar-refractivity contribution in [1.82, 2.24) is 15.1 Å². The molecular weight excluding hydrogens is 658 g/mol. The fourth-order valence-electron chi connectivity index (χ4n) is 7.39. The van der Waals surface area contributed by atoms with Gasteiger partial charge in [0.1, 0.15) is 18.0 Å². The first-order chi connectivity index (χ1) is 25.2. The zero-order valence-corrected chi connectivity index (χ0v) is 31.0. The number of benzene rings is 3. The second-order valence-corrected chi connectivity index (χ2v) is 14.1. The molecule has 10 nitrogen and oxygen atoms in total. The Balaban J connectivity index is 1.28. The van der Waals surface area contributed by atoms with E-state index in [-0.39, 0.29) is 25.3 Å². The number of ether oxygens (including phenoxy) is 3. The minimum absolute atomic E-state index is 0.0279. The third-order valence-electron chi connectivity index (χ3n) is 10.8. The number of carbonyl (C=O) groups excluding carboxylic acids is 2. The summed E-state index contributed by atoms with van der Waals surface area (Å²) in [6, 6.07) is 24.1. The molecule has 0 radical (unpaired) electrons. The Labute approximate surface area is 309 Å². The van der Waals surface area contributed by atoms with Gasteiger partial charge in [-0.3, -0.25) is 9.69 Å². The van der Waals surface area contributed by atoms with Crippen molar-refractivity contribution in [3.63, 3.8) is 0 Å². The molecule has 5 rings (SSSR count). The summed E-state index contributed by atoms with van der Waals surface area (Å²) >= 11 is 0. The standard InChI is InChI=1S/C42H57N3O7/c1-4-42(5-2,6-3)52-41(49)43-36(28-31-12-8-7-9-13-31)37(46)20-21-39(48)45(40-35-15-11-10-14-33(35)29-38(40)47)30-32-16-18-34(19-17-32)51-27-24-44-22-25-50-26-23-44/h7-19,36-38,40,46-47H,4-6,20-30H2,1-3H3,(H,43,49)/t36-,37-,38+,40-/m0/s1. The number of carbonyl (C=O) groups is 2. The van der Waals surface area contributed by atoms with Crippen molar-refractivity contribution in [3.05, 3.63) is 101 Å². The molecule has 282 valence electrons. The van der Waals surface area contributed by atoms with Crippen molar-refractivity contribution in [1.29, 1.82) is 0 Å². The van der Waals surface area contributed by atoms with Gasteiger partial charge in [-0.15, -0.1) is 0 Å². The van der Waals surface area contributed by atoms with E-state index >= 15 is 0 Å². The van der Waals surface area contributed by atoms with Gasteiger partial charge in [-0.25, -0.2) is 4.79 Å². The maximum atomic E-state index is 14.2. The predicted octanol–water partition coefficient (Wildman–Crippen LogP) is 5.83. The molecule has 1 heterocycles. The van der Waals surface area contributed by atoms with E-state index in [1.54, 1.807) is 4.90 Å². The van der Waals surface area contributed by atoms with Gasteiger partial charge in [-0.05, 0) is 66.5 Å². The number of amides is 2. The van der Waals surface area contributed by atoms with Gasteiger partial charge in [0.05, 0.1) is 37.5 Å². The number of fused-ring (bicyclic) bond motifs is 1. The highest BCUT2D eigenvalue weighted by Gasteiger charge is 2.38. The maximum Gasteiger partial charge on any atom is 0.408 e. The minimum Gasteiger partial charge on any atom is -0.492 e. The molecule has 0 saturated carbocycles. The van der Waals surface area contributed by atoms with Crippen molar-refractivity contribution >= 4 is 12.0 Å². The van der Waals surface area contributed by atoms with Crippen LogP contribution in [-0.2, 0) is 33.7 Å². The SMILES string of the molecule is CCC(CC)(CC)OC(=O)N[C@@H](Cc1ccccc1)[C@@H](O)CCC(=O)N(Cc1ccc(OCCN2CCOCC2)cc1)[C@H]1c2ccccc2C[C@H]1O. The predicted molar refractivity (Wildman–Crippen MR) is 201 cm³/mol. The van der Waals surface area contributed by atoms with Crippen LogP contribution >= 0.6 is 0 Å². The molecule has 0 unspecified atom stereocenters. The highest BCUT2D eigenvalue weighted by Crippen LogP contribution is 2.37. The zero-order valence-electron chi connectivity index (χ0n) is 31.0. The van der Waals surface area contributed by atoms with E-state index in [0.717, 1.165) is 60.9 Å². The van der Waals surface area contributed by atoms with Crippen LogP contribution in [0, 0.1) is 0 Å². The van der Waals surface area contributed by atoms with E-state index in [1.807, 2.05) is 99.6 Å². The molecule has 1 aliphatic carbocycles. The fourth-order valence-corrected chi connectivity index (χ4v) is 7.39. The number of aliphatic hydroxyl groups excluding tert-OH is 2. The van der Waals surface area contributed by atoms with Gasteiger partial charge in [0.2, 0.25) is 5.91 Å². The van der Waals surface area contributed by atoms with E-state index in [0.29, 0.717) is 38.7 Å². The molecule has 1 saturated heterocycles. The average molecular weight is 716 g/mol. The van der Waals surface area contributed by atoms with Gasteiger partial charge >= 0.3 is 6.09 Å². The number of morpholine rings is 1. The lowest BCUT2D eigenvalue weighted by atomic mass is 9.94. The van der Waals surface area contributed by atoms with E-state index in [2.05, 4.69) is 10.2 Å². The summed E-state index contributed by atoms with van der Waals surface area (Å²) in [4.78, 5) is 31.5. The van der Waals surface area contributed by atoms with Crippen LogP contribution in [0.25, 0.3) is 0 Å². The largest absolute Gasteiger partial charge is 0.492 e. The number of hydrogen-bond donors (Lipinski definition) is 3. The first kappa shape index (κ1) is 39.3. The summed E-state index contributed by atoms with van der Waals surface area (Å²) in [6.45, 7) is 11.0. The first-order valence-electron chi connectivity index (χ1n) is 19.0. The van der Waals surface area contributed by atoms with Crippen molar-refractivity contribution in [3.8, 4) is 5.75 Å². The van der Waals surface area contributed by atoms with E-state index in [9.17, 15) is 19.8 Å². The van der Waals surface area contributed by atoms with Crippen molar-refractivity contribution < 1.29 is 34.0 Å². The Kier molecular flexibility index (Phi) is 14.5. The van der Waals surface area contributed by atoms with Crippen LogP contribution in [0.5, 0.6) is 5.75 Å². The molecule has 3 aromatic carbocycles. The molecule has 1 aliphatic heterocycles. The van der Waals surface area contributed by atoms with Crippen LogP contribution in [0.3, 0.4) is 0 Å². The second-order valence-electron chi connectivity index (χ2n) is 14.1. The van der Waals surface area contributed by atoms with Crippen LogP contribution in [0.15, 0.2) is 78.9 Å². The van der Waals surface area contributed by atoms with E-state index in [1.165, 1.54) is 0 Å². The van der Waals surface area contributed by atoms with E-state index in [4.69, 9.17) is 14.2 Å². The Morgan fingerprint density at radius 3 is 2.31 bits per heavy atom. The summed E-state index contributed by atoms with van der Waals surface area (Å²) in [5, 5.41) is 25.8. The third-order valence-corrected chi connectivity index (χ3v) is 10.8. The fraction of sp³-hybridized carbons (Fsp3) is 0.524. The van der Waals surface area contributed by atoms with Crippen molar-refractivity contribution in [2.75, 3.05) is 39.5 Å². The third kappa shape index (κ3) is 10.6. The maximum absolute atomic E-state index is 14.2. The smallest absolute Gasteiger partial charge is 0.408 e. The summed E-state index contributed by atoms with van der Waals surface area (Å²) in [6.07, 6.45) is 0.691. The number of rotatable bonds is 18. The lowest BCUT2D eigenvalue weighted by Crippen LogP contribution is -2.48. The number of hydrogen-bond acceptors (Lipinski definition) is 8. The van der Waals surface area contributed by atoms with Crippen LogP contribution < -0.4 is 10.1 Å². The Morgan fingerprint density at radius 2 is 1.62 bits per heavy atom. The summed E-state index contributed by atoms with van der Waals surface area (Å²) in [7, 11) is 0. The molecule has 52 heavy (non-hydrogen) atoms. The summed E-state index contributed by atoms with van der Waals surface area (Å²) < 4.78 is 17.4. The molecule has 2 amide bonds. The number of nitrogens with one attached hydrogen (secondary N) is 1. The molecule has 10 heteroatoms. The quantitative estimate of drug-likeness (QED) is 0.151. The molecule has 3 N–H and O–H groups in total. The second kappa shape index (κ2) is 19.2. The molecule has 2 aliphatic rings. The van der Waals surface area contributed by atoms with Gasteiger partial charge < -0.3 is 34.6 Å². The van der Waals surface area contributed by atoms with Crippen LogP contribution in [-0.4, -0.2) is 95.3 Å². The Bertz CT molecular complexity index is 1530. The van der Waals surface area contributed by atoms with Gasteiger partial charge in [0.15, 0.2) is 0 Å². The van der Waals surface area contributed by atoms with Crippen LogP contribution in [0.2, 0.25) is 0 Å². The molecule has 3 aromatic rings. The number of aliphatic hydroxyl groups is 2. The first-order valence-corrected chi connectivity index (χ1v) is 19.0. The van der Waals surface area contributed by atoms with Crippen LogP contribution in [0.4, 0.5) is 4.79 Å². The molecular formula is C42H57N3O7.